The third-order valence-electron chi connectivity index (χ3n) is 4.27. The van der Waals surface area contributed by atoms with Gasteiger partial charge < -0.3 is 0 Å². The number of hydrogen-bond donors (Lipinski definition) is 0. The fraction of sp³-hybridized carbons (Fsp3) is 0.600. The average molecular weight is 309 g/mol. The zero-order chi connectivity index (χ0) is 12.4. The van der Waals surface area contributed by atoms with E-state index in [1.807, 2.05) is 0 Å². The Balaban J connectivity index is 1.63. The van der Waals surface area contributed by atoms with Crippen molar-refractivity contribution in [2.75, 3.05) is 26.2 Å². The van der Waals surface area contributed by atoms with Gasteiger partial charge in [-0.2, -0.15) is 0 Å². The molecule has 0 N–H and O–H groups in total. The number of benzene rings is 1. The Kier molecular flexibility index (Phi) is 4.02. The maximum absolute atomic E-state index is 3.65. The van der Waals surface area contributed by atoms with Gasteiger partial charge in [0.1, 0.15) is 0 Å². The number of piperidine rings is 1. The number of fused-ring (bicyclic) bond motifs is 1. The van der Waals surface area contributed by atoms with Crippen LogP contribution in [-0.4, -0.2) is 42.0 Å². The zero-order valence-electron chi connectivity index (χ0n) is 10.8. The van der Waals surface area contributed by atoms with Crippen molar-refractivity contribution < 1.29 is 0 Å². The Bertz CT molecular complexity index is 407. The van der Waals surface area contributed by atoms with Gasteiger partial charge in [-0.3, -0.25) is 9.80 Å². The van der Waals surface area contributed by atoms with E-state index in [4.69, 9.17) is 0 Å². The standard InChI is InChI=1S/C15H21BrN2/c16-15-7-2-1-5-13(15)11-17-9-10-18-8-4-3-6-14(18)12-17/h1-2,5,7,14H,3-4,6,8-12H2. The summed E-state index contributed by atoms with van der Waals surface area (Å²) in [5.74, 6) is 0. The topological polar surface area (TPSA) is 6.48 Å². The van der Waals surface area contributed by atoms with Crippen LogP contribution < -0.4 is 0 Å². The van der Waals surface area contributed by atoms with Crippen molar-refractivity contribution >= 4 is 15.9 Å². The van der Waals surface area contributed by atoms with Gasteiger partial charge in [0, 0.05) is 36.7 Å². The molecule has 3 rings (SSSR count). The summed E-state index contributed by atoms with van der Waals surface area (Å²) in [6.45, 7) is 6.15. The molecule has 1 aromatic rings. The van der Waals surface area contributed by atoms with Crippen molar-refractivity contribution in [3.05, 3.63) is 34.3 Å². The van der Waals surface area contributed by atoms with Crippen molar-refractivity contribution in [2.45, 2.75) is 31.8 Å². The van der Waals surface area contributed by atoms with Gasteiger partial charge >= 0.3 is 0 Å². The molecule has 1 unspecified atom stereocenters. The Hall–Kier alpha value is -0.380. The summed E-state index contributed by atoms with van der Waals surface area (Å²) in [4.78, 5) is 5.31. The quantitative estimate of drug-likeness (QED) is 0.828. The van der Waals surface area contributed by atoms with Crippen LogP contribution in [0.1, 0.15) is 24.8 Å². The lowest BCUT2D eigenvalue weighted by molar-refractivity contribution is 0.0456. The maximum atomic E-state index is 3.65. The van der Waals surface area contributed by atoms with Crippen LogP contribution in [0.2, 0.25) is 0 Å². The highest BCUT2D eigenvalue weighted by Crippen LogP contribution is 2.24. The number of piperazine rings is 1. The monoisotopic (exact) mass is 308 g/mol. The lowest BCUT2D eigenvalue weighted by atomic mass is 9.99. The molecule has 2 saturated heterocycles. The highest BCUT2D eigenvalue weighted by atomic mass is 79.9. The van der Waals surface area contributed by atoms with E-state index in [0.29, 0.717) is 0 Å². The predicted molar refractivity (Wildman–Crippen MR) is 78.6 cm³/mol. The van der Waals surface area contributed by atoms with Gasteiger partial charge in [0.15, 0.2) is 0 Å². The first-order valence-electron chi connectivity index (χ1n) is 7.03. The highest BCUT2D eigenvalue weighted by Gasteiger charge is 2.28. The second kappa shape index (κ2) is 5.72. The lowest BCUT2D eigenvalue weighted by Gasteiger charge is -2.44. The summed E-state index contributed by atoms with van der Waals surface area (Å²) >= 11 is 3.65. The molecule has 0 radical (unpaired) electrons. The molecule has 2 aliphatic rings. The van der Waals surface area contributed by atoms with Crippen LogP contribution in [0, 0.1) is 0 Å². The Morgan fingerprint density at radius 2 is 2.00 bits per heavy atom. The van der Waals surface area contributed by atoms with Crippen molar-refractivity contribution in [1.29, 1.82) is 0 Å². The maximum Gasteiger partial charge on any atom is 0.0246 e. The Morgan fingerprint density at radius 3 is 2.89 bits per heavy atom. The van der Waals surface area contributed by atoms with E-state index in [9.17, 15) is 0 Å². The summed E-state index contributed by atoms with van der Waals surface area (Å²) < 4.78 is 1.25. The fourth-order valence-electron chi connectivity index (χ4n) is 3.23. The van der Waals surface area contributed by atoms with Crippen LogP contribution in [0.5, 0.6) is 0 Å². The highest BCUT2D eigenvalue weighted by molar-refractivity contribution is 9.10. The summed E-state index contributed by atoms with van der Waals surface area (Å²) in [6, 6.07) is 9.42. The molecule has 0 saturated carbocycles. The number of nitrogens with zero attached hydrogens (tertiary/aromatic N) is 2. The zero-order valence-corrected chi connectivity index (χ0v) is 12.4. The molecule has 0 aliphatic carbocycles. The molecular formula is C15H21BrN2. The molecular weight excluding hydrogens is 288 g/mol. The minimum Gasteiger partial charge on any atom is -0.298 e. The first-order chi connectivity index (χ1) is 8.83. The Morgan fingerprint density at radius 1 is 1.11 bits per heavy atom. The number of halogens is 1. The molecule has 0 amide bonds. The van der Waals surface area contributed by atoms with Gasteiger partial charge in [0.25, 0.3) is 0 Å². The predicted octanol–water partition coefficient (Wildman–Crippen LogP) is 3.12. The fourth-order valence-corrected chi connectivity index (χ4v) is 3.64. The molecule has 1 aromatic carbocycles. The van der Waals surface area contributed by atoms with E-state index in [1.54, 1.807) is 0 Å². The van der Waals surface area contributed by atoms with Gasteiger partial charge in [-0.25, -0.2) is 0 Å². The molecule has 98 valence electrons. The van der Waals surface area contributed by atoms with Crippen molar-refractivity contribution in [3.63, 3.8) is 0 Å². The smallest absolute Gasteiger partial charge is 0.0246 e. The van der Waals surface area contributed by atoms with Crippen molar-refractivity contribution in [1.82, 2.24) is 9.80 Å². The normalized spacial score (nSPS) is 25.9. The molecule has 2 aliphatic heterocycles. The van der Waals surface area contributed by atoms with Crippen LogP contribution in [0.25, 0.3) is 0 Å². The van der Waals surface area contributed by atoms with Gasteiger partial charge in [-0.15, -0.1) is 0 Å². The summed E-state index contributed by atoms with van der Waals surface area (Å²) in [7, 11) is 0. The molecule has 18 heavy (non-hydrogen) atoms. The lowest BCUT2D eigenvalue weighted by Crippen LogP contribution is -2.54. The minimum atomic E-state index is 0.815. The number of hydrogen-bond acceptors (Lipinski definition) is 2. The third-order valence-corrected chi connectivity index (χ3v) is 5.05. The van der Waals surface area contributed by atoms with Gasteiger partial charge in [-0.1, -0.05) is 40.5 Å². The SMILES string of the molecule is Brc1ccccc1CN1CCN2CCCCC2C1. The first kappa shape index (κ1) is 12.6. The van der Waals surface area contributed by atoms with E-state index in [2.05, 4.69) is 50.0 Å². The van der Waals surface area contributed by atoms with Crippen LogP contribution in [0.4, 0.5) is 0 Å². The van der Waals surface area contributed by atoms with Crippen molar-refractivity contribution in [2.24, 2.45) is 0 Å². The average Bonchev–Trinajstić information content (AvgIpc) is 2.41. The van der Waals surface area contributed by atoms with Crippen LogP contribution >= 0.6 is 15.9 Å². The summed E-state index contributed by atoms with van der Waals surface area (Å²) in [6.07, 6.45) is 4.22. The molecule has 3 heteroatoms. The number of rotatable bonds is 2. The first-order valence-corrected chi connectivity index (χ1v) is 7.82. The summed E-state index contributed by atoms with van der Waals surface area (Å²) in [5.41, 5.74) is 1.42. The molecule has 1 atom stereocenters. The van der Waals surface area contributed by atoms with Crippen LogP contribution in [0.3, 0.4) is 0 Å². The van der Waals surface area contributed by atoms with Crippen molar-refractivity contribution in [3.8, 4) is 0 Å². The summed E-state index contributed by atoms with van der Waals surface area (Å²) in [5, 5.41) is 0. The Labute approximate surface area is 118 Å². The molecule has 2 fully saturated rings. The molecule has 0 bridgehead atoms. The van der Waals surface area contributed by atoms with Crippen LogP contribution in [0.15, 0.2) is 28.7 Å². The molecule has 2 heterocycles. The largest absolute Gasteiger partial charge is 0.298 e. The third kappa shape index (κ3) is 2.79. The van der Waals surface area contributed by atoms with E-state index in [1.165, 1.54) is 55.5 Å². The van der Waals surface area contributed by atoms with Crippen LogP contribution in [-0.2, 0) is 6.54 Å². The van der Waals surface area contributed by atoms with Gasteiger partial charge in [0.2, 0.25) is 0 Å². The van der Waals surface area contributed by atoms with Gasteiger partial charge in [0.05, 0.1) is 0 Å². The second-order valence-corrected chi connectivity index (χ2v) is 6.37. The molecule has 0 spiro atoms. The molecule has 2 nitrogen and oxygen atoms in total. The van der Waals surface area contributed by atoms with E-state index in [-0.39, 0.29) is 0 Å². The van der Waals surface area contributed by atoms with E-state index < -0.39 is 0 Å². The minimum absolute atomic E-state index is 0.815. The van der Waals surface area contributed by atoms with E-state index >= 15 is 0 Å². The molecule has 0 aromatic heterocycles. The van der Waals surface area contributed by atoms with E-state index in [0.717, 1.165) is 12.6 Å². The van der Waals surface area contributed by atoms with Gasteiger partial charge in [-0.05, 0) is 31.0 Å². The second-order valence-electron chi connectivity index (χ2n) is 5.51.